The van der Waals surface area contributed by atoms with Gasteiger partial charge < -0.3 is 4.90 Å². The third-order valence-corrected chi connectivity index (χ3v) is 6.21. The topological polar surface area (TPSA) is 66.5 Å². The van der Waals surface area contributed by atoms with E-state index in [1.165, 1.54) is 13.1 Å². The van der Waals surface area contributed by atoms with Gasteiger partial charge in [-0.2, -0.15) is 0 Å². The summed E-state index contributed by atoms with van der Waals surface area (Å²) < 4.78 is 27.3. The second kappa shape index (κ2) is 5.07. The van der Waals surface area contributed by atoms with Crippen LogP contribution in [-0.4, -0.2) is 32.3 Å². The maximum absolute atomic E-state index is 12.7. The van der Waals surface area contributed by atoms with Gasteiger partial charge in [-0.25, -0.2) is 13.1 Å². The molecular weight excluding hydrogens is 356 g/mol. The Morgan fingerprint density at radius 1 is 1.38 bits per heavy atom. The van der Waals surface area contributed by atoms with Crippen molar-refractivity contribution in [2.24, 2.45) is 5.92 Å². The number of nitrogens with one attached hydrogen (secondary N) is 1. The fourth-order valence-corrected chi connectivity index (χ4v) is 4.53. The first-order valence-corrected chi connectivity index (χ1v) is 9.19. The van der Waals surface area contributed by atoms with E-state index in [1.807, 2.05) is 13.0 Å². The highest BCUT2D eigenvalue weighted by atomic mass is 79.9. The molecule has 3 rings (SSSR count). The first kappa shape index (κ1) is 15.0. The maximum Gasteiger partial charge on any atom is 0.256 e. The smallest absolute Gasteiger partial charge is 0.256 e. The van der Waals surface area contributed by atoms with Gasteiger partial charge in [-0.1, -0.05) is 15.9 Å². The Kier molecular flexibility index (Phi) is 3.62. The molecule has 1 heterocycles. The molecule has 0 spiro atoms. The number of carbonyl (C=O) groups excluding carboxylic acids is 1. The van der Waals surface area contributed by atoms with Crippen LogP contribution in [-0.2, 0) is 16.6 Å². The largest absolute Gasteiger partial charge is 0.331 e. The lowest BCUT2D eigenvalue weighted by Crippen LogP contribution is -2.35. The number of carbonyl (C=O) groups is 1. The Morgan fingerprint density at radius 2 is 2.05 bits per heavy atom. The van der Waals surface area contributed by atoms with Crippen LogP contribution in [0.25, 0.3) is 0 Å². The minimum absolute atomic E-state index is 0.0601. The lowest BCUT2D eigenvalue weighted by Gasteiger charge is -2.24. The highest BCUT2D eigenvalue weighted by Crippen LogP contribution is 2.40. The molecule has 1 aliphatic heterocycles. The van der Waals surface area contributed by atoms with Crippen molar-refractivity contribution in [3.05, 3.63) is 27.7 Å². The van der Waals surface area contributed by atoms with Crippen LogP contribution in [0.15, 0.2) is 21.5 Å². The van der Waals surface area contributed by atoms with Crippen LogP contribution in [0.5, 0.6) is 0 Å². The number of halogens is 1. The van der Waals surface area contributed by atoms with Gasteiger partial charge in [-0.3, -0.25) is 4.79 Å². The number of hydrogen-bond acceptors (Lipinski definition) is 3. The van der Waals surface area contributed by atoms with E-state index in [0.717, 1.165) is 18.4 Å². The van der Waals surface area contributed by atoms with Crippen LogP contribution in [0.2, 0.25) is 0 Å². The average Bonchev–Trinajstić information content (AvgIpc) is 3.22. The first-order chi connectivity index (χ1) is 9.85. The molecule has 1 aliphatic carbocycles. The predicted molar refractivity (Wildman–Crippen MR) is 82.4 cm³/mol. The molecule has 21 heavy (non-hydrogen) atoms. The predicted octanol–water partition coefficient (Wildman–Crippen LogP) is 2.11. The van der Waals surface area contributed by atoms with E-state index in [-0.39, 0.29) is 16.8 Å². The van der Waals surface area contributed by atoms with Gasteiger partial charge >= 0.3 is 0 Å². The van der Waals surface area contributed by atoms with E-state index in [9.17, 15) is 13.2 Å². The van der Waals surface area contributed by atoms with Crippen molar-refractivity contribution in [1.82, 2.24) is 9.62 Å². The van der Waals surface area contributed by atoms with E-state index in [0.29, 0.717) is 22.5 Å². The summed E-state index contributed by atoms with van der Waals surface area (Å²) in [5.74, 6) is 0.377. The summed E-state index contributed by atoms with van der Waals surface area (Å²) in [6.45, 7) is 2.53. The monoisotopic (exact) mass is 372 g/mol. The van der Waals surface area contributed by atoms with E-state index in [4.69, 9.17) is 0 Å². The summed E-state index contributed by atoms with van der Waals surface area (Å²) in [4.78, 5) is 14.5. The van der Waals surface area contributed by atoms with Crippen molar-refractivity contribution in [2.75, 3.05) is 7.05 Å². The van der Waals surface area contributed by atoms with E-state index in [1.54, 1.807) is 4.90 Å². The summed E-state index contributed by atoms with van der Waals surface area (Å²) in [5, 5.41) is 0. The van der Waals surface area contributed by atoms with Crippen LogP contribution in [0.4, 0.5) is 0 Å². The Morgan fingerprint density at radius 3 is 2.62 bits per heavy atom. The highest BCUT2D eigenvalue weighted by Gasteiger charge is 2.41. The van der Waals surface area contributed by atoms with Gasteiger partial charge in [0, 0.05) is 17.1 Å². The van der Waals surface area contributed by atoms with Crippen LogP contribution in [0.3, 0.4) is 0 Å². The number of fused-ring (bicyclic) bond motifs is 1. The van der Waals surface area contributed by atoms with Crippen LogP contribution < -0.4 is 4.72 Å². The van der Waals surface area contributed by atoms with Gasteiger partial charge in [0.05, 0.1) is 10.5 Å². The normalized spacial score (nSPS) is 19.8. The van der Waals surface area contributed by atoms with Gasteiger partial charge in [-0.15, -0.1) is 0 Å². The Labute approximate surface area is 132 Å². The maximum atomic E-state index is 12.7. The molecule has 1 aromatic carbocycles. The van der Waals surface area contributed by atoms with Gasteiger partial charge in [0.1, 0.15) is 0 Å². The summed E-state index contributed by atoms with van der Waals surface area (Å²) >= 11 is 3.33. The van der Waals surface area contributed by atoms with Gasteiger partial charge in [0.2, 0.25) is 10.0 Å². The van der Waals surface area contributed by atoms with Crippen molar-refractivity contribution in [3.63, 3.8) is 0 Å². The van der Waals surface area contributed by atoms with E-state index < -0.39 is 10.0 Å². The summed E-state index contributed by atoms with van der Waals surface area (Å²) in [7, 11) is -2.31. The van der Waals surface area contributed by atoms with Crippen LogP contribution in [0, 0.1) is 5.92 Å². The quantitative estimate of drug-likeness (QED) is 0.879. The van der Waals surface area contributed by atoms with Crippen molar-refractivity contribution in [2.45, 2.75) is 37.2 Å². The molecule has 1 amide bonds. The van der Waals surface area contributed by atoms with Crippen molar-refractivity contribution in [3.8, 4) is 0 Å². The number of rotatable bonds is 4. The molecule has 1 atom stereocenters. The molecule has 114 valence electrons. The Hall–Kier alpha value is -0.920. The average molecular weight is 373 g/mol. The zero-order chi connectivity index (χ0) is 15.4. The molecule has 5 nitrogen and oxygen atoms in total. The fourth-order valence-electron chi connectivity index (χ4n) is 2.89. The summed E-state index contributed by atoms with van der Waals surface area (Å²) in [6.07, 6.45) is 2.29. The SMILES string of the molecule is CNS(=O)(=O)c1cc(Br)cc2c1C(=O)N([C@@H](C)C1CC1)C2. The number of sulfonamides is 1. The summed E-state index contributed by atoms with van der Waals surface area (Å²) in [6, 6.07) is 3.49. The van der Waals surface area contributed by atoms with Crippen molar-refractivity contribution >= 4 is 31.9 Å². The molecule has 0 unspecified atom stereocenters. The zero-order valence-corrected chi connectivity index (χ0v) is 14.3. The molecule has 1 saturated carbocycles. The van der Waals surface area contributed by atoms with E-state index >= 15 is 0 Å². The number of nitrogens with zero attached hydrogens (tertiary/aromatic N) is 1. The van der Waals surface area contributed by atoms with Crippen molar-refractivity contribution < 1.29 is 13.2 Å². The molecule has 0 saturated heterocycles. The molecule has 0 aromatic heterocycles. The zero-order valence-electron chi connectivity index (χ0n) is 11.9. The first-order valence-electron chi connectivity index (χ1n) is 6.92. The Balaban J connectivity index is 2.08. The molecule has 0 radical (unpaired) electrons. The summed E-state index contributed by atoms with van der Waals surface area (Å²) in [5.41, 5.74) is 1.09. The number of hydrogen-bond donors (Lipinski definition) is 1. The minimum Gasteiger partial charge on any atom is -0.331 e. The van der Waals surface area contributed by atoms with Gasteiger partial charge in [0.15, 0.2) is 0 Å². The van der Waals surface area contributed by atoms with Crippen molar-refractivity contribution in [1.29, 1.82) is 0 Å². The van der Waals surface area contributed by atoms with Gasteiger partial charge in [0.25, 0.3) is 5.91 Å². The van der Waals surface area contributed by atoms with Crippen LogP contribution in [0.1, 0.15) is 35.7 Å². The molecule has 7 heteroatoms. The lowest BCUT2D eigenvalue weighted by molar-refractivity contribution is 0.0694. The number of benzene rings is 1. The Bertz CT molecular complexity index is 713. The molecule has 1 N–H and O–H groups in total. The fraction of sp³-hybridized carbons (Fsp3) is 0.500. The third kappa shape index (κ3) is 2.51. The lowest BCUT2D eigenvalue weighted by atomic mass is 10.1. The number of amides is 1. The molecular formula is C14H17BrN2O3S. The second-order valence-electron chi connectivity index (χ2n) is 5.66. The van der Waals surface area contributed by atoms with E-state index in [2.05, 4.69) is 20.7 Å². The molecule has 0 bridgehead atoms. The van der Waals surface area contributed by atoms with Gasteiger partial charge in [-0.05, 0) is 50.4 Å². The second-order valence-corrected chi connectivity index (χ2v) is 8.43. The standard InChI is InChI=1S/C14H17BrN2O3S/c1-8(9-3-4-9)17-7-10-5-11(15)6-12(13(10)14(17)18)21(19,20)16-2/h5-6,8-9,16H,3-4,7H2,1-2H3/t8-/m0/s1. The highest BCUT2D eigenvalue weighted by molar-refractivity contribution is 9.10. The third-order valence-electron chi connectivity index (χ3n) is 4.32. The molecule has 1 fully saturated rings. The van der Waals surface area contributed by atoms with Crippen LogP contribution >= 0.6 is 15.9 Å². The molecule has 2 aliphatic rings. The minimum atomic E-state index is -3.66. The molecule has 1 aromatic rings.